The number of ether oxygens (including phenoxy) is 1. The number of imide groups is 1. The number of nitrogens with zero attached hydrogens (tertiary/aromatic N) is 3. The van der Waals surface area contributed by atoms with Crippen molar-refractivity contribution in [3.05, 3.63) is 65.6 Å². The van der Waals surface area contributed by atoms with Gasteiger partial charge in [-0.25, -0.2) is 0 Å². The lowest BCUT2D eigenvalue weighted by atomic mass is 10.0. The molecule has 2 aromatic rings. The largest absolute Gasteiger partial charge is 0.494 e. The summed E-state index contributed by atoms with van der Waals surface area (Å²) in [6.07, 6.45) is 5.82. The van der Waals surface area contributed by atoms with Gasteiger partial charge in [-0.2, -0.15) is 0 Å². The highest BCUT2D eigenvalue weighted by atomic mass is 16.5. The van der Waals surface area contributed by atoms with E-state index in [0.717, 1.165) is 50.1 Å². The van der Waals surface area contributed by atoms with Gasteiger partial charge in [-0.05, 0) is 55.5 Å². The summed E-state index contributed by atoms with van der Waals surface area (Å²) in [5.41, 5.74) is 2.46. The molecule has 3 heterocycles. The van der Waals surface area contributed by atoms with E-state index in [2.05, 4.69) is 16.8 Å². The fourth-order valence-corrected chi connectivity index (χ4v) is 3.97. The van der Waals surface area contributed by atoms with Gasteiger partial charge in [0, 0.05) is 19.3 Å². The minimum absolute atomic E-state index is 0.178. The van der Waals surface area contributed by atoms with Gasteiger partial charge in [-0.3, -0.25) is 19.5 Å². The van der Waals surface area contributed by atoms with Crippen LogP contribution in [0.4, 0.5) is 0 Å². The van der Waals surface area contributed by atoms with Crippen LogP contribution in [0, 0.1) is 0 Å². The smallest absolute Gasteiger partial charge is 0.278 e. The molecule has 156 valence electrons. The molecule has 6 heteroatoms. The summed E-state index contributed by atoms with van der Waals surface area (Å²) >= 11 is 0. The van der Waals surface area contributed by atoms with Crippen molar-refractivity contribution in [1.29, 1.82) is 0 Å². The van der Waals surface area contributed by atoms with E-state index in [0.29, 0.717) is 23.6 Å². The fraction of sp³-hybridized carbons (Fsp3) is 0.375. The minimum Gasteiger partial charge on any atom is -0.494 e. The zero-order valence-electron chi connectivity index (χ0n) is 17.3. The highest BCUT2D eigenvalue weighted by Gasteiger charge is 2.41. The molecular weight excluding hydrogens is 378 g/mol. The number of benzene rings is 1. The standard InChI is InChI=1S/C24H27N3O3/c1-2-16-30-20-11-9-18(10-12-20)21-22(26-14-6-3-7-15-26)24(29)27(23(21)28)17-19-8-4-5-13-25-19/h4-5,8-13H,2-3,6-7,14-17H2,1H3. The number of carbonyl (C=O) groups excluding carboxylic acids is 2. The van der Waals surface area contributed by atoms with Crippen LogP contribution in [0.1, 0.15) is 43.9 Å². The number of amides is 2. The second-order valence-corrected chi connectivity index (χ2v) is 7.66. The van der Waals surface area contributed by atoms with Crippen LogP contribution in [0.2, 0.25) is 0 Å². The number of aromatic nitrogens is 1. The van der Waals surface area contributed by atoms with Crippen LogP contribution in [-0.4, -0.2) is 46.3 Å². The van der Waals surface area contributed by atoms with Crippen LogP contribution < -0.4 is 4.74 Å². The van der Waals surface area contributed by atoms with Gasteiger partial charge in [0.2, 0.25) is 0 Å². The van der Waals surface area contributed by atoms with Gasteiger partial charge < -0.3 is 9.64 Å². The van der Waals surface area contributed by atoms with E-state index in [-0.39, 0.29) is 18.4 Å². The third-order valence-electron chi connectivity index (χ3n) is 5.48. The molecule has 30 heavy (non-hydrogen) atoms. The first-order valence-electron chi connectivity index (χ1n) is 10.7. The van der Waals surface area contributed by atoms with E-state index in [4.69, 9.17) is 4.74 Å². The molecule has 0 bridgehead atoms. The molecule has 2 aliphatic heterocycles. The second-order valence-electron chi connectivity index (χ2n) is 7.66. The second kappa shape index (κ2) is 9.11. The molecule has 0 saturated carbocycles. The maximum Gasteiger partial charge on any atom is 0.278 e. The molecule has 0 aliphatic carbocycles. The highest BCUT2D eigenvalue weighted by molar-refractivity contribution is 6.35. The number of likely N-dealkylation sites (tertiary alicyclic amines) is 1. The SMILES string of the molecule is CCCOc1ccc(C2=C(N3CCCCC3)C(=O)N(Cc3ccccn3)C2=O)cc1. The van der Waals surface area contributed by atoms with Crippen LogP contribution in [0.15, 0.2) is 54.4 Å². The molecule has 6 nitrogen and oxygen atoms in total. The number of carbonyl (C=O) groups is 2. The molecule has 0 atom stereocenters. The van der Waals surface area contributed by atoms with Crippen molar-refractivity contribution in [3.8, 4) is 5.75 Å². The van der Waals surface area contributed by atoms with E-state index in [1.54, 1.807) is 6.20 Å². The molecule has 0 spiro atoms. The molecular formula is C24H27N3O3. The Morgan fingerprint density at radius 1 is 0.967 bits per heavy atom. The van der Waals surface area contributed by atoms with Gasteiger partial charge in [0.1, 0.15) is 11.4 Å². The molecule has 2 aliphatic rings. The molecule has 0 N–H and O–H groups in total. The Kier molecular flexibility index (Phi) is 6.12. The zero-order chi connectivity index (χ0) is 20.9. The van der Waals surface area contributed by atoms with Crippen LogP contribution in [0.5, 0.6) is 5.75 Å². The molecule has 1 aromatic heterocycles. The summed E-state index contributed by atoms with van der Waals surface area (Å²) in [4.78, 5) is 34.5. The van der Waals surface area contributed by atoms with E-state index in [1.807, 2.05) is 42.5 Å². The highest BCUT2D eigenvalue weighted by Crippen LogP contribution is 2.34. The summed E-state index contributed by atoms with van der Waals surface area (Å²) in [6.45, 7) is 4.48. The maximum absolute atomic E-state index is 13.4. The van der Waals surface area contributed by atoms with Crippen LogP contribution in [-0.2, 0) is 16.1 Å². The van der Waals surface area contributed by atoms with Gasteiger partial charge in [0.15, 0.2) is 0 Å². The molecule has 4 rings (SSSR count). The van der Waals surface area contributed by atoms with Gasteiger partial charge in [0.25, 0.3) is 11.8 Å². The lowest BCUT2D eigenvalue weighted by molar-refractivity contribution is -0.138. The normalized spacial score (nSPS) is 17.1. The van der Waals surface area contributed by atoms with Crippen molar-refractivity contribution in [2.24, 2.45) is 0 Å². The van der Waals surface area contributed by atoms with E-state index in [1.165, 1.54) is 4.90 Å². The van der Waals surface area contributed by atoms with Crippen molar-refractivity contribution in [1.82, 2.24) is 14.8 Å². The summed E-state index contributed by atoms with van der Waals surface area (Å²) in [7, 11) is 0. The molecule has 1 fully saturated rings. The number of pyridine rings is 1. The molecule has 1 saturated heterocycles. The monoisotopic (exact) mass is 405 g/mol. The average Bonchev–Trinajstić information content (AvgIpc) is 3.04. The van der Waals surface area contributed by atoms with Crippen LogP contribution >= 0.6 is 0 Å². The summed E-state index contributed by atoms with van der Waals surface area (Å²) in [5, 5.41) is 0. The van der Waals surface area contributed by atoms with Crippen LogP contribution in [0.25, 0.3) is 5.57 Å². The number of piperidine rings is 1. The fourth-order valence-electron chi connectivity index (χ4n) is 3.97. The lowest BCUT2D eigenvalue weighted by Gasteiger charge is -2.29. The first-order valence-corrected chi connectivity index (χ1v) is 10.7. The third-order valence-corrected chi connectivity index (χ3v) is 5.48. The summed E-state index contributed by atoms with van der Waals surface area (Å²) in [5.74, 6) is 0.283. The van der Waals surface area contributed by atoms with Gasteiger partial charge in [-0.15, -0.1) is 0 Å². The van der Waals surface area contributed by atoms with Crippen LogP contribution in [0.3, 0.4) is 0 Å². The van der Waals surface area contributed by atoms with Gasteiger partial charge >= 0.3 is 0 Å². The van der Waals surface area contributed by atoms with Crippen molar-refractivity contribution >= 4 is 17.4 Å². The molecule has 1 aromatic carbocycles. The number of hydrogen-bond donors (Lipinski definition) is 0. The Morgan fingerprint density at radius 3 is 2.40 bits per heavy atom. The van der Waals surface area contributed by atoms with Crippen molar-refractivity contribution in [2.45, 2.75) is 39.2 Å². The third kappa shape index (κ3) is 4.08. The average molecular weight is 405 g/mol. The first kappa shape index (κ1) is 20.1. The zero-order valence-corrected chi connectivity index (χ0v) is 17.3. The number of hydrogen-bond acceptors (Lipinski definition) is 5. The quantitative estimate of drug-likeness (QED) is 0.658. The first-order chi connectivity index (χ1) is 14.7. The lowest BCUT2D eigenvalue weighted by Crippen LogP contribution is -2.37. The minimum atomic E-state index is -0.256. The Bertz CT molecular complexity index is 932. The molecule has 0 unspecified atom stereocenters. The van der Waals surface area contributed by atoms with Gasteiger partial charge in [0.05, 0.1) is 24.4 Å². The van der Waals surface area contributed by atoms with E-state index in [9.17, 15) is 9.59 Å². The topological polar surface area (TPSA) is 62.7 Å². The van der Waals surface area contributed by atoms with Crippen molar-refractivity contribution < 1.29 is 14.3 Å². The predicted molar refractivity (Wildman–Crippen MR) is 114 cm³/mol. The Morgan fingerprint density at radius 2 is 1.73 bits per heavy atom. The molecule has 0 radical (unpaired) electrons. The van der Waals surface area contributed by atoms with E-state index >= 15 is 0 Å². The molecule has 2 amide bonds. The summed E-state index contributed by atoms with van der Waals surface area (Å²) < 4.78 is 5.67. The predicted octanol–water partition coefficient (Wildman–Crippen LogP) is 3.64. The maximum atomic E-state index is 13.4. The Labute approximate surface area is 177 Å². The van der Waals surface area contributed by atoms with Gasteiger partial charge in [-0.1, -0.05) is 25.1 Å². The van der Waals surface area contributed by atoms with Crippen molar-refractivity contribution in [2.75, 3.05) is 19.7 Å². The van der Waals surface area contributed by atoms with E-state index < -0.39 is 0 Å². The van der Waals surface area contributed by atoms with Crippen molar-refractivity contribution in [3.63, 3.8) is 0 Å². The Balaban J connectivity index is 1.67. The summed E-state index contributed by atoms with van der Waals surface area (Å²) in [6, 6.07) is 13.0. The number of rotatable bonds is 7. The Hall–Kier alpha value is -3.15.